The summed E-state index contributed by atoms with van der Waals surface area (Å²) in [5.74, 6) is 0. The van der Waals surface area contributed by atoms with Gasteiger partial charge in [0.25, 0.3) is 0 Å². The van der Waals surface area contributed by atoms with E-state index >= 15 is 0 Å². The molecule has 0 spiro atoms. The average molecular weight is 281 g/mol. The molecule has 0 aliphatic carbocycles. The maximum absolute atomic E-state index is 3.73. The number of nitrogens with one attached hydrogen (secondary N) is 1. The standard InChI is InChI=1S/C20H27N/c1-6-16-12-17(7-2)20(18(8-3)13-16)21-19-14(4)10-9-11-15(19)5/h9-13,21H,6-8H2,1-5H3. The molecule has 0 saturated carbocycles. The zero-order valence-electron chi connectivity index (χ0n) is 14.0. The molecular formula is C20H27N. The molecule has 0 unspecified atom stereocenters. The van der Waals surface area contributed by atoms with Gasteiger partial charge in [0.05, 0.1) is 0 Å². The van der Waals surface area contributed by atoms with E-state index in [1.165, 1.54) is 39.2 Å². The van der Waals surface area contributed by atoms with Gasteiger partial charge < -0.3 is 5.32 Å². The van der Waals surface area contributed by atoms with Crippen LogP contribution in [0, 0.1) is 13.8 Å². The zero-order chi connectivity index (χ0) is 15.4. The SMILES string of the molecule is CCc1cc(CC)c(Nc2c(C)cccc2C)c(CC)c1. The van der Waals surface area contributed by atoms with Gasteiger partial charge in [-0.15, -0.1) is 0 Å². The first kappa shape index (κ1) is 15.6. The fourth-order valence-corrected chi connectivity index (χ4v) is 2.90. The van der Waals surface area contributed by atoms with Crippen LogP contribution in [0.1, 0.15) is 48.6 Å². The van der Waals surface area contributed by atoms with Crippen LogP contribution in [0.25, 0.3) is 0 Å². The Kier molecular flexibility index (Phi) is 5.06. The van der Waals surface area contributed by atoms with Gasteiger partial charge in [-0.2, -0.15) is 0 Å². The second-order valence-electron chi connectivity index (χ2n) is 5.74. The van der Waals surface area contributed by atoms with Crippen molar-refractivity contribution < 1.29 is 0 Å². The Morgan fingerprint density at radius 2 is 1.29 bits per heavy atom. The van der Waals surface area contributed by atoms with Gasteiger partial charge in [-0.3, -0.25) is 0 Å². The summed E-state index contributed by atoms with van der Waals surface area (Å²) in [6.07, 6.45) is 3.23. The van der Waals surface area contributed by atoms with Crippen LogP contribution in [0.4, 0.5) is 11.4 Å². The molecule has 0 amide bonds. The topological polar surface area (TPSA) is 12.0 Å². The van der Waals surface area contributed by atoms with Gasteiger partial charge >= 0.3 is 0 Å². The highest BCUT2D eigenvalue weighted by atomic mass is 14.9. The number of para-hydroxylation sites is 1. The van der Waals surface area contributed by atoms with Crippen molar-refractivity contribution in [2.24, 2.45) is 0 Å². The zero-order valence-corrected chi connectivity index (χ0v) is 14.0. The first-order chi connectivity index (χ1) is 10.1. The van der Waals surface area contributed by atoms with Crippen molar-refractivity contribution in [1.82, 2.24) is 0 Å². The second-order valence-corrected chi connectivity index (χ2v) is 5.74. The number of benzene rings is 2. The van der Waals surface area contributed by atoms with Gasteiger partial charge in [-0.25, -0.2) is 0 Å². The summed E-state index contributed by atoms with van der Waals surface area (Å²) in [5.41, 5.74) is 9.47. The molecule has 1 N–H and O–H groups in total. The minimum atomic E-state index is 1.06. The molecule has 0 radical (unpaired) electrons. The van der Waals surface area contributed by atoms with E-state index in [-0.39, 0.29) is 0 Å². The summed E-state index contributed by atoms with van der Waals surface area (Å²) in [5, 5.41) is 3.73. The molecule has 0 aromatic heterocycles. The number of hydrogen-bond donors (Lipinski definition) is 1. The highest BCUT2D eigenvalue weighted by molar-refractivity contribution is 5.72. The van der Waals surface area contributed by atoms with E-state index in [4.69, 9.17) is 0 Å². The molecule has 0 atom stereocenters. The molecular weight excluding hydrogens is 254 g/mol. The first-order valence-electron chi connectivity index (χ1n) is 8.08. The Morgan fingerprint density at radius 3 is 1.71 bits per heavy atom. The Hall–Kier alpha value is -1.76. The summed E-state index contributed by atoms with van der Waals surface area (Å²) in [6, 6.07) is 11.2. The monoisotopic (exact) mass is 281 g/mol. The number of rotatable bonds is 5. The number of aryl methyl sites for hydroxylation is 5. The van der Waals surface area contributed by atoms with Gasteiger partial charge in [-0.1, -0.05) is 51.1 Å². The summed E-state index contributed by atoms with van der Waals surface area (Å²) in [4.78, 5) is 0. The first-order valence-corrected chi connectivity index (χ1v) is 8.08. The minimum absolute atomic E-state index is 1.06. The van der Waals surface area contributed by atoms with Crippen LogP contribution in [0.15, 0.2) is 30.3 Å². The lowest BCUT2D eigenvalue weighted by molar-refractivity contribution is 1.04. The van der Waals surface area contributed by atoms with Gasteiger partial charge in [0, 0.05) is 11.4 Å². The maximum Gasteiger partial charge on any atom is 0.0449 e. The van der Waals surface area contributed by atoms with Crippen molar-refractivity contribution in [3.63, 3.8) is 0 Å². The Bertz CT molecular complexity index is 580. The molecule has 21 heavy (non-hydrogen) atoms. The summed E-state index contributed by atoms with van der Waals surface area (Å²) < 4.78 is 0. The predicted molar refractivity (Wildman–Crippen MR) is 93.8 cm³/mol. The van der Waals surface area contributed by atoms with E-state index < -0.39 is 0 Å². The third-order valence-electron chi connectivity index (χ3n) is 4.26. The smallest absolute Gasteiger partial charge is 0.0449 e. The van der Waals surface area contributed by atoms with E-state index in [1.807, 2.05) is 0 Å². The fraction of sp³-hybridized carbons (Fsp3) is 0.400. The van der Waals surface area contributed by atoms with Crippen molar-refractivity contribution in [2.45, 2.75) is 53.9 Å². The van der Waals surface area contributed by atoms with Crippen LogP contribution in [0.3, 0.4) is 0 Å². The maximum atomic E-state index is 3.73. The van der Waals surface area contributed by atoms with Crippen LogP contribution in [0.5, 0.6) is 0 Å². The van der Waals surface area contributed by atoms with Crippen LogP contribution in [-0.2, 0) is 19.3 Å². The van der Waals surface area contributed by atoms with Gasteiger partial charge in [-0.05, 0) is 60.9 Å². The highest BCUT2D eigenvalue weighted by Crippen LogP contribution is 2.31. The lowest BCUT2D eigenvalue weighted by atomic mass is 9.97. The summed E-state index contributed by atoms with van der Waals surface area (Å²) in [7, 11) is 0. The summed E-state index contributed by atoms with van der Waals surface area (Å²) >= 11 is 0. The van der Waals surface area contributed by atoms with Crippen molar-refractivity contribution >= 4 is 11.4 Å². The lowest BCUT2D eigenvalue weighted by Crippen LogP contribution is -2.04. The molecule has 1 heteroatoms. The van der Waals surface area contributed by atoms with Gasteiger partial charge in [0.1, 0.15) is 0 Å². The Morgan fingerprint density at radius 1 is 0.762 bits per heavy atom. The van der Waals surface area contributed by atoms with Crippen LogP contribution in [0.2, 0.25) is 0 Å². The van der Waals surface area contributed by atoms with E-state index in [0.29, 0.717) is 0 Å². The van der Waals surface area contributed by atoms with Crippen molar-refractivity contribution in [2.75, 3.05) is 5.32 Å². The lowest BCUT2D eigenvalue weighted by Gasteiger charge is -2.20. The predicted octanol–water partition coefficient (Wildman–Crippen LogP) is 5.73. The Balaban J connectivity index is 2.52. The number of anilines is 2. The molecule has 112 valence electrons. The molecule has 1 nitrogen and oxygen atoms in total. The molecule has 0 bridgehead atoms. The van der Waals surface area contributed by atoms with Crippen LogP contribution >= 0.6 is 0 Å². The quantitative estimate of drug-likeness (QED) is 0.737. The van der Waals surface area contributed by atoms with Gasteiger partial charge in [0.2, 0.25) is 0 Å². The molecule has 0 aliphatic rings. The van der Waals surface area contributed by atoms with E-state index in [0.717, 1.165) is 19.3 Å². The fourth-order valence-electron chi connectivity index (χ4n) is 2.90. The third-order valence-corrected chi connectivity index (χ3v) is 4.26. The van der Waals surface area contributed by atoms with E-state index in [2.05, 4.69) is 70.3 Å². The molecule has 0 heterocycles. The van der Waals surface area contributed by atoms with Crippen molar-refractivity contribution in [3.05, 3.63) is 58.1 Å². The van der Waals surface area contributed by atoms with Crippen molar-refractivity contribution in [3.8, 4) is 0 Å². The molecule has 2 aromatic carbocycles. The summed E-state index contributed by atoms with van der Waals surface area (Å²) in [6.45, 7) is 11.1. The van der Waals surface area contributed by atoms with E-state index in [1.54, 1.807) is 0 Å². The van der Waals surface area contributed by atoms with Gasteiger partial charge in [0.15, 0.2) is 0 Å². The highest BCUT2D eigenvalue weighted by Gasteiger charge is 2.11. The molecule has 0 fully saturated rings. The molecule has 2 aromatic rings. The van der Waals surface area contributed by atoms with Crippen LogP contribution in [-0.4, -0.2) is 0 Å². The minimum Gasteiger partial charge on any atom is -0.355 e. The average Bonchev–Trinajstić information content (AvgIpc) is 2.50. The largest absolute Gasteiger partial charge is 0.355 e. The third kappa shape index (κ3) is 3.29. The second kappa shape index (κ2) is 6.80. The van der Waals surface area contributed by atoms with E-state index in [9.17, 15) is 0 Å². The Labute approximate surface area is 129 Å². The molecule has 0 aliphatic heterocycles. The molecule has 0 saturated heterocycles. The molecule has 2 rings (SSSR count). The van der Waals surface area contributed by atoms with Crippen LogP contribution < -0.4 is 5.32 Å². The number of hydrogen-bond acceptors (Lipinski definition) is 1. The normalized spacial score (nSPS) is 10.7. The van der Waals surface area contributed by atoms with Crippen molar-refractivity contribution in [1.29, 1.82) is 0 Å².